The average molecular weight is 394 g/mol. The molecule has 0 fully saturated rings. The van der Waals surface area contributed by atoms with E-state index in [1.54, 1.807) is 0 Å². The number of H-pyrrole nitrogens is 1. The van der Waals surface area contributed by atoms with Crippen LogP contribution in [0, 0.1) is 12.8 Å². The Morgan fingerprint density at radius 2 is 2.03 bits per heavy atom. The van der Waals surface area contributed by atoms with Crippen molar-refractivity contribution in [3.63, 3.8) is 0 Å². The minimum atomic E-state index is -0.0665. The van der Waals surface area contributed by atoms with E-state index in [0.29, 0.717) is 13.1 Å². The summed E-state index contributed by atoms with van der Waals surface area (Å²) in [5.41, 5.74) is 4.82. The molecule has 6 nitrogen and oxygen atoms in total. The number of nitrogens with zero attached hydrogens (tertiary/aromatic N) is 2. The van der Waals surface area contributed by atoms with Gasteiger partial charge in [-0.25, -0.2) is 0 Å². The topological polar surface area (TPSA) is 74.7 Å². The van der Waals surface area contributed by atoms with Crippen LogP contribution in [-0.2, 0) is 24.3 Å². The van der Waals surface area contributed by atoms with Gasteiger partial charge in [0.2, 0.25) is 5.91 Å². The summed E-state index contributed by atoms with van der Waals surface area (Å²) in [5, 5.41) is 13.4. The lowest BCUT2D eigenvalue weighted by molar-refractivity contribution is -0.124. The molecule has 2 aromatic heterocycles. The van der Waals surface area contributed by atoms with Gasteiger partial charge in [-0.1, -0.05) is 37.3 Å². The van der Waals surface area contributed by atoms with E-state index in [1.807, 2.05) is 26.1 Å². The Morgan fingerprint density at radius 3 is 2.79 bits per heavy atom. The summed E-state index contributed by atoms with van der Waals surface area (Å²) in [7, 11) is 0. The highest BCUT2D eigenvalue weighted by Crippen LogP contribution is 2.08. The van der Waals surface area contributed by atoms with Gasteiger partial charge in [-0.05, 0) is 43.0 Å². The van der Waals surface area contributed by atoms with Crippen molar-refractivity contribution in [3.05, 3.63) is 77.4 Å². The molecule has 1 aromatic carbocycles. The molecule has 3 N–H and O–H groups in total. The van der Waals surface area contributed by atoms with Gasteiger partial charge in [0, 0.05) is 49.7 Å². The van der Waals surface area contributed by atoms with E-state index in [0.717, 1.165) is 31.6 Å². The molecule has 0 aliphatic rings. The summed E-state index contributed by atoms with van der Waals surface area (Å²) in [6.07, 6.45) is 5.80. The molecule has 0 bridgehead atoms. The number of aromatic amines is 1. The van der Waals surface area contributed by atoms with Gasteiger partial charge in [0.05, 0.1) is 6.20 Å². The maximum absolute atomic E-state index is 12.3. The molecule has 29 heavy (non-hydrogen) atoms. The SMILES string of the molecule is Cc1[nH]ncc1CCCNC(=O)C(C)CNCc1cccn1Cc1ccccc1. The summed E-state index contributed by atoms with van der Waals surface area (Å²) >= 11 is 0. The molecule has 0 aliphatic heterocycles. The number of benzene rings is 1. The molecule has 3 aromatic rings. The van der Waals surface area contributed by atoms with Crippen molar-refractivity contribution in [1.29, 1.82) is 0 Å². The number of nitrogens with one attached hydrogen (secondary N) is 3. The monoisotopic (exact) mass is 393 g/mol. The van der Waals surface area contributed by atoms with Gasteiger partial charge in [-0.3, -0.25) is 9.89 Å². The highest BCUT2D eigenvalue weighted by molar-refractivity contribution is 5.78. The maximum Gasteiger partial charge on any atom is 0.224 e. The van der Waals surface area contributed by atoms with Crippen molar-refractivity contribution < 1.29 is 4.79 Å². The zero-order valence-electron chi connectivity index (χ0n) is 17.3. The first-order valence-corrected chi connectivity index (χ1v) is 10.3. The Balaban J connectivity index is 1.35. The van der Waals surface area contributed by atoms with Gasteiger partial charge >= 0.3 is 0 Å². The van der Waals surface area contributed by atoms with E-state index in [2.05, 4.69) is 68.0 Å². The van der Waals surface area contributed by atoms with Crippen LogP contribution < -0.4 is 10.6 Å². The minimum absolute atomic E-state index is 0.0665. The van der Waals surface area contributed by atoms with Gasteiger partial charge in [-0.15, -0.1) is 0 Å². The second-order valence-corrected chi connectivity index (χ2v) is 7.56. The quantitative estimate of drug-likeness (QED) is 0.438. The second kappa shape index (κ2) is 10.6. The Morgan fingerprint density at radius 1 is 1.21 bits per heavy atom. The fourth-order valence-corrected chi connectivity index (χ4v) is 3.35. The molecule has 1 atom stereocenters. The van der Waals surface area contributed by atoms with Crippen LogP contribution in [0.3, 0.4) is 0 Å². The Labute approximate surface area is 172 Å². The van der Waals surface area contributed by atoms with E-state index in [1.165, 1.54) is 16.8 Å². The van der Waals surface area contributed by atoms with Crippen LogP contribution in [0.2, 0.25) is 0 Å². The Kier molecular flexibility index (Phi) is 7.64. The van der Waals surface area contributed by atoms with E-state index < -0.39 is 0 Å². The van der Waals surface area contributed by atoms with Crippen molar-refractivity contribution in [2.24, 2.45) is 5.92 Å². The molecule has 1 unspecified atom stereocenters. The first-order chi connectivity index (χ1) is 14.1. The van der Waals surface area contributed by atoms with Gasteiger partial charge in [0.15, 0.2) is 0 Å². The van der Waals surface area contributed by atoms with E-state index in [-0.39, 0.29) is 11.8 Å². The van der Waals surface area contributed by atoms with Crippen LogP contribution in [0.4, 0.5) is 0 Å². The molecule has 0 aliphatic carbocycles. The molecule has 6 heteroatoms. The van der Waals surface area contributed by atoms with E-state index in [4.69, 9.17) is 0 Å². The number of hydrogen-bond donors (Lipinski definition) is 3. The smallest absolute Gasteiger partial charge is 0.224 e. The van der Waals surface area contributed by atoms with Crippen LogP contribution >= 0.6 is 0 Å². The number of carbonyl (C=O) groups is 1. The maximum atomic E-state index is 12.3. The molecule has 0 radical (unpaired) electrons. The number of rotatable bonds is 11. The Hall–Kier alpha value is -2.86. The minimum Gasteiger partial charge on any atom is -0.356 e. The zero-order valence-corrected chi connectivity index (χ0v) is 17.3. The van der Waals surface area contributed by atoms with Gasteiger partial charge < -0.3 is 15.2 Å². The van der Waals surface area contributed by atoms with Crippen molar-refractivity contribution in [2.75, 3.05) is 13.1 Å². The predicted molar refractivity (Wildman–Crippen MR) is 116 cm³/mol. The normalized spacial score (nSPS) is 12.1. The molecule has 154 valence electrons. The number of amides is 1. The lowest BCUT2D eigenvalue weighted by atomic mass is 10.1. The van der Waals surface area contributed by atoms with Gasteiger partial charge in [-0.2, -0.15) is 5.10 Å². The van der Waals surface area contributed by atoms with Crippen LogP contribution in [0.1, 0.15) is 35.9 Å². The molecular formula is C23H31N5O. The third-order valence-corrected chi connectivity index (χ3v) is 5.18. The summed E-state index contributed by atoms with van der Waals surface area (Å²) in [4.78, 5) is 12.3. The number of aryl methyl sites for hydroxylation is 2. The van der Waals surface area contributed by atoms with Crippen molar-refractivity contribution >= 4 is 5.91 Å². The lowest BCUT2D eigenvalue weighted by Crippen LogP contribution is -2.36. The Bertz CT molecular complexity index is 884. The van der Waals surface area contributed by atoms with Crippen molar-refractivity contribution in [1.82, 2.24) is 25.4 Å². The van der Waals surface area contributed by atoms with Gasteiger partial charge in [0.25, 0.3) is 0 Å². The van der Waals surface area contributed by atoms with Crippen LogP contribution in [0.5, 0.6) is 0 Å². The molecule has 0 saturated heterocycles. The molecular weight excluding hydrogens is 362 g/mol. The van der Waals surface area contributed by atoms with Crippen molar-refractivity contribution in [3.8, 4) is 0 Å². The van der Waals surface area contributed by atoms with Crippen LogP contribution in [-0.4, -0.2) is 33.8 Å². The third-order valence-electron chi connectivity index (χ3n) is 5.18. The summed E-state index contributed by atoms with van der Waals surface area (Å²) in [5.74, 6) is 0.0317. The fraction of sp³-hybridized carbons (Fsp3) is 0.391. The second-order valence-electron chi connectivity index (χ2n) is 7.56. The largest absolute Gasteiger partial charge is 0.356 e. The van der Waals surface area contributed by atoms with Crippen LogP contribution in [0.15, 0.2) is 54.9 Å². The van der Waals surface area contributed by atoms with Crippen LogP contribution in [0.25, 0.3) is 0 Å². The molecule has 2 heterocycles. The highest BCUT2D eigenvalue weighted by atomic mass is 16.1. The van der Waals surface area contributed by atoms with Gasteiger partial charge in [0.1, 0.15) is 0 Å². The fourth-order valence-electron chi connectivity index (χ4n) is 3.35. The first-order valence-electron chi connectivity index (χ1n) is 10.3. The number of carbonyl (C=O) groups excluding carboxylic acids is 1. The number of hydrogen-bond acceptors (Lipinski definition) is 3. The molecule has 1 amide bonds. The van der Waals surface area contributed by atoms with E-state index >= 15 is 0 Å². The third kappa shape index (κ3) is 6.32. The summed E-state index contributed by atoms with van der Waals surface area (Å²) in [6, 6.07) is 14.6. The lowest BCUT2D eigenvalue weighted by Gasteiger charge is -2.14. The zero-order chi connectivity index (χ0) is 20.5. The number of aromatic nitrogens is 3. The standard InChI is InChI=1S/C23H31N5O/c1-18(23(29)25-12-6-10-21-15-26-27-19(21)2)14-24-16-22-11-7-13-28(22)17-20-8-4-3-5-9-20/h3-5,7-9,11,13,15,18,24H,6,10,12,14,16-17H2,1-2H3,(H,25,29)(H,26,27). The summed E-state index contributed by atoms with van der Waals surface area (Å²) < 4.78 is 2.24. The average Bonchev–Trinajstić information content (AvgIpc) is 3.34. The molecule has 0 spiro atoms. The highest BCUT2D eigenvalue weighted by Gasteiger charge is 2.12. The molecule has 0 saturated carbocycles. The predicted octanol–water partition coefficient (Wildman–Crippen LogP) is 3.04. The summed E-state index contributed by atoms with van der Waals surface area (Å²) in [6.45, 7) is 6.93. The first kappa shape index (κ1) is 20.9. The van der Waals surface area contributed by atoms with Crippen molar-refractivity contribution in [2.45, 2.75) is 39.8 Å². The van der Waals surface area contributed by atoms with E-state index in [9.17, 15) is 4.79 Å². The molecule has 3 rings (SSSR count).